The first-order valence-electron chi connectivity index (χ1n) is 4.53. The fourth-order valence-electron chi connectivity index (χ4n) is 1.41. The summed E-state index contributed by atoms with van der Waals surface area (Å²) in [5.41, 5.74) is 0. The predicted octanol–water partition coefficient (Wildman–Crippen LogP) is -0.442. The summed E-state index contributed by atoms with van der Waals surface area (Å²) in [6.45, 7) is 2.56. The number of rotatable bonds is 2. The van der Waals surface area contributed by atoms with Crippen LogP contribution in [0.4, 0.5) is 0 Å². The number of carbonyl (C=O) groups is 1. The molecule has 1 fully saturated rings. The van der Waals surface area contributed by atoms with Crippen molar-refractivity contribution >= 4 is 21.3 Å². The zero-order valence-electron chi connectivity index (χ0n) is 7.95. The number of hydrogen-bond acceptors (Lipinski definition) is 4. The van der Waals surface area contributed by atoms with E-state index in [9.17, 15) is 13.2 Å². The average molecular weight is 219 g/mol. The summed E-state index contributed by atoms with van der Waals surface area (Å²) in [6.07, 6.45) is 1.32. The standard InChI is InChI=1S/C8H13NO4S/c1-2-13-8(10)6-4-3-5-9-7(6)14(11)12/h6,9H,2-5H2,1H3. The lowest BCUT2D eigenvalue weighted by Gasteiger charge is -2.21. The van der Waals surface area contributed by atoms with Crippen molar-refractivity contribution in [3.8, 4) is 0 Å². The second-order valence-corrected chi connectivity index (χ2v) is 3.88. The minimum absolute atomic E-state index is 0.0645. The Labute approximate surface area is 84.0 Å². The first kappa shape index (κ1) is 11.2. The summed E-state index contributed by atoms with van der Waals surface area (Å²) in [5, 5.41) is 2.71. The van der Waals surface area contributed by atoms with E-state index >= 15 is 0 Å². The van der Waals surface area contributed by atoms with Gasteiger partial charge in [0.25, 0.3) is 0 Å². The molecule has 1 N–H and O–H groups in total. The lowest BCUT2D eigenvalue weighted by atomic mass is 10.00. The highest BCUT2D eigenvalue weighted by Gasteiger charge is 2.29. The quantitative estimate of drug-likeness (QED) is 0.503. The van der Waals surface area contributed by atoms with Gasteiger partial charge in [0.05, 0.1) is 6.61 Å². The Bertz CT molecular complexity index is 338. The van der Waals surface area contributed by atoms with Gasteiger partial charge in [0.15, 0.2) is 0 Å². The van der Waals surface area contributed by atoms with E-state index in [1.165, 1.54) is 0 Å². The van der Waals surface area contributed by atoms with E-state index in [0.717, 1.165) is 6.42 Å². The van der Waals surface area contributed by atoms with Crippen LogP contribution in [0.1, 0.15) is 19.8 Å². The van der Waals surface area contributed by atoms with Gasteiger partial charge < -0.3 is 4.74 Å². The molecular formula is C8H13NO4S. The minimum atomic E-state index is -2.35. The Morgan fingerprint density at radius 1 is 1.64 bits per heavy atom. The summed E-state index contributed by atoms with van der Waals surface area (Å²) < 4.78 is 26.3. The van der Waals surface area contributed by atoms with Crippen LogP contribution in [0.5, 0.6) is 0 Å². The van der Waals surface area contributed by atoms with E-state index in [0.29, 0.717) is 13.0 Å². The molecule has 5 nitrogen and oxygen atoms in total. The smallest absolute Gasteiger partial charge is 0.315 e. The van der Waals surface area contributed by atoms with E-state index in [2.05, 4.69) is 5.32 Å². The van der Waals surface area contributed by atoms with Gasteiger partial charge in [0.1, 0.15) is 10.9 Å². The topological polar surface area (TPSA) is 72.5 Å². The van der Waals surface area contributed by atoms with Gasteiger partial charge in [-0.2, -0.15) is 8.42 Å². The fraction of sp³-hybridized carbons (Fsp3) is 0.750. The van der Waals surface area contributed by atoms with Crippen molar-refractivity contribution in [1.29, 1.82) is 0 Å². The van der Waals surface area contributed by atoms with E-state index in [-0.39, 0.29) is 11.6 Å². The lowest BCUT2D eigenvalue weighted by molar-refractivity contribution is -0.145. The summed E-state index contributed by atoms with van der Waals surface area (Å²) in [4.78, 5) is 11.4. The molecule has 0 aromatic heterocycles. The van der Waals surface area contributed by atoms with Crippen molar-refractivity contribution in [3.63, 3.8) is 0 Å². The third kappa shape index (κ3) is 2.55. The molecular weight excluding hydrogens is 206 g/mol. The number of carbonyl (C=O) groups excluding carboxylic acids is 1. The second-order valence-electron chi connectivity index (χ2n) is 2.97. The second kappa shape index (κ2) is 5.11. The van der Waals surface area contributed by atoms with Crippen molar-refractivity contribution in [2.75, 3.05) is 13.2 Å². The van der Waals surface area contributed by atoms with E-state index in [4.69, 9.17) is 4.74 Å². The van der Waals surface area contributed by atoms with E-state index in [1.54, 1.807) is 6.92 Å². The molecule has 1 aliphatic rings. The Hall–Kier alpha value is -0.880. The SMILES string of the molecule is CCOC(=O)C1CCCNC1=S(=O)=O. The Morgan fingerprint density at radius 2 is 2.36 bits per heavy atom. The zero-order valence-corrected chi connectivity index (χ0v) is 8.76. The summed E-state index contributed by atoms with van der Waals surface area (Å²) in [6, 6.07) is 0. The molecule has 0 aromatic rings. The van der Waals surface area contributed by atoms with Crippen LogP contribution in [0.3, 0.4) is 0 Å². The average Bonchev–Trinajstić information content (AvgIpc) is 2.18. The van der Waals surface area contributed by atoms with Crippen LogP contribution in [0.25, 0.3) is 0 Å². The van der Waals surface area contributed by atoms with Gasteiger partial charge in [-0.3, -0.25) is 10.1 Å². The van der Waals surface area contributed by atoms with Crippen molar-refractivity contribution in [2.45, 2.75) is 19.8 Å². The van der Waals surface area contributed by atoms with Gasteiger partial charge in [-0.15, -0.1) is 0 Å². The van der Waals surface area contributed by atoms with Gasteiger partial charge in [-0.25, -0.2) is 0 Å². The van der Waals surface area contributed by atoms with Crippen LogP contribution in [-0.2, 0) is 19.8 Å². The molecule has 0 saturated carbocycles. The van der Waals surface area contributed by atoms with Gasteiger partial charge in [0.2, 0.25) is 10.3 Å². The van der Waals surface area contributed by atoms with Gasteiger partial charge in [-0.1, -0.05) is 0 Å². The van der Waals surface area contributed by atoms with E-state index < -0.39 is 22.2 Å². The third-order valence-corrected chi connectivity index (χ3v) is 2.82. The van der Waals surface area contributed by atoms with Gasteiger partial charge >= 0.3 is 5.97 Å². The van der Waals surface area contributed by atoms with Gasteiger partial charge in [-0.05, 0) is 19.8 Å². The molecule has 0 aliphatic carbocycles. The number of piperidine rings is 1. The van der Waals surface area contributed by atoms with E-state index in [1.807, 2.05) is 0 Å². The molecule has 0 radical (unpaired) electrons. The minimum Gasteiger partial charge on any atom is -0.465 e. The maximum Gasteiger partial charge on any atom is 0.315 e. The third-order valence-electron chi connectivity index (χ3n) is 2.04. The molecule has 1 aliphatic heterocycles. The molecule has 0 aromatic carbocycles. The Kier molecular flexibility index (Phi) is 4.09. The number of nitrogens with one attached hydrogen (secondary N) is 1. The first-order chi connectivity index (χ1) is 6.66. The number of hydrogen-bond donors (Lipinski definition) is 1. The Balaban J connectivity index is 2.84. The normalized spacial score (nSPS) is 21.8. The molecule has 0 amide bonds. The first-order valence-corrected chi connectivity index (χ1v) is 5.61. The van der Waals surface area contributed by atoms with Crippen LogP contribution in [0, 0.1) is 5.92 Å². The lowest BCUT2D eigenvalue weighted by Crippen LogP contribution is -2.41. The summed E-state index contributed by atoms with van der Waals surface area (Å²) >= 11 is 0. The highest BCUT2D eigenvalue weighted by Crippen LogP contribution is 2.13. The largest absolute Gasteiger partial charge is 0.465 e. The molecule has 1 rings (SSSR count). The molecule has 0 spiro atoms. The van der Waals surface area contributed by atoms with Crippen molar-refractivity contribution in [1.82, 2.24) is 5.32 Å². The van der Waals surface area contributed by atoms with Crippen LogP contribution < -0.4 is 5.32 Å². The molecule has 6 heteroatoms. The maximum atomic E-state index is 11.4. The predicted molar refractivity (Wildman–Crippen MR) is 51.3 cm³/mol. The fourth-order valence-corrected chi connectivity index (χ4v) is 2.08. The van der Waals surface area contributed by atoms with Crippen LogP contribution >= 0.6 is 0 Å². The van der Waals surface area contributed by atoms with Gasteiger partial charge in [0, 0.05) is 6.54 Å². The van der Waals surface area contributed by atoms with Crippen LogP contribution in [0.2, 0.25) is 0 Å². The molecule has 1 saturated heterocycles. The molecule has 14 heavy (non-hydrogen) atoms. The number of ether oxygens (including phenoxy) is 1. The zero-order chi connectivity index (χ0) is 10.6. The van der Waals surface area contributed by atoms with Crippen molar-refractivity contribution < 1.29 is 17.9 Å². The van der Waals surface area contributed by atoms with Crippen molar-refractivity contribution in [3.05, 3.63) is 0 Å². The molecule has 0 bridgehead atoms. The molecule has 1 heterocycles. The molecule has 1 atom stereocenters. The molecule has 80 valence electrons. The Morgan fingerprint density at radius 3 is 2.93 bits per heavy atom. The van der Waals surface area contributed by atoms with Crippen LogP contribution in [-0.4, -0.2) is 32.5 Å². The maximum absolute atomic E-state index is 11.4. The number of esters is 1. The summed E-state index contributed by atoms with van der Waals surface area (Å²) in [7, 11) is -2.35. The highest BCUT2D eigenvalue weighted by molar-refractivity contribution is 7.73. The van der Waals surface area contributed by atoms with Crippen molar-refractivity contribution in [2.24, 2.45) is 5.92 Å². The monoisotopic (exact) mass is 219 g/mol. The highest BCUT2D eigenvalue weighted by atomic mass is 32.2. The van der Waals surface area contributed by atoms with Crippen LogP contribution in [0.15, 0.2) is 0 Å². The summed E-state index contributed by atoms with van der Waals surface area (Å²) in [5.74, 6) is -1.10. The molecule has 1 unspecified atom stereocenters.